The SMILES string of the molecule is CCOC(CCNCC1CCCC1CO)OCC. The third kappa shape index (κ3) is 5.65. The lowest BCUT2D eigenvalue weighted by Gasteiger charge is -2.20. The van der Waals surface area contributed by atoms with Crippen LogP contribution in [0.3, 0.4) is 0 Å². The van der Waals surface area contributed by atoms with Crippen LogP contribution in [0.2, 0.25) is 0 Å². The van der Waals surface area contributed by atoms with Crippen LogP contribution in [0, 0.1) is 11.8 Å². The molecule has 0 saturated heterocycles. The number of aliphatic hydroxyl groups is 1. The van der Waals surface area contributed by atoms with Crippen molar-refractivity contribution in [2.75, 3.05) is 32.9 Å². The lowest BCUT2D eigenvalue weighted by molar-refractivity contribution is -0.138. The zero-order valence-electron chi connectivity index (χ0n) is 11.9. The highest BCUT2D eigenvalue weighted by atomic mass is 16.7. The molecule has 0 aromatic carbocycles. The van der Waals surface area contributed by atoms with E-state index in [0.29, 0.717) is 31.7 Å². The molecule has 108 valence electrons. The Balaban J connectivity index is 2.09. The first-order chi connectivity index (χ1) is 8.81. The van der Waals surface area contributed by atoms with Gasteiger partial charge in [-0.15, -0.1) is 0 Å². The summed E-state index contributed by atoms with van der Waals surface area (Å²) >= 11 is 0. The van der Waals surface area contributed by atoms with Crippen LogP contribution in [0.15, 0.2) is 0 Å². The van der Waals surface area contributed by atoms with Gasteiger partial charge in [-0.2, -0.15) is 0 Å². The van der Waals surface area contributed by atoms with Crippen molar-refractivity contribution in [2.24, 2.45) is 11.8 Å². The molecule has 0 aromatic rings. The molecule has 2 atom stereocenters. The third-order valence-corrected chi connectivity index (χ3v) is 3.72. The molecular weight excluding hydrogens is 230 g/mol. The van der Waals surface area contributed by atoms with E-state index < -0.39 is 0 Å². The summed E-state index contributed by atoms with van der Waals surface area (Å²) in [6.07, 6.45) is 4.50. The van der Waals surface area contributed by atoms with Gasteiger partial charge < -0.3 is 19.9 Å². The summed E-state index contributed by atoms with van der Waals surface area (Å²) in [6.45, 7) is 7.63. The molecule has 0 bridgehead atoms. The summed E-state index contributed by atoms with van der Waals surface area (Å²) in [5.74, 6) is 1.15. The number of hydrogen-bond donors (Lipinski definition) is 2. The van der Waals surface area contributed by atoms with Crippen molar-refractivity contribution in [1.29, 1.82) is 0 Å². The molecule has 1 aliphatic rings. The fraction of sp³-hybridized carbons (Fsp3) is 1.00. The molecule has 0 amide bonds. The van der Waals surface area contributed by atoms with Gasteiger partial charge in [0.25, 0.3) is 0 Å². The van der Waals surface area contributed by atoms with Gasteiger partial charge >= 0.3 is 0 Å². The Bertz CT molecular complexity index is 195. The molecule has 1 fully saturated rings. The summed E-state index contributed by atoms with van der Waals surface area (Å²) in [6, 6.07) is 0. The van der Waals surface area contributed by atoms with Crippen molar-refractivity contribution in [1.82, 2.24) is 5.32 Å². The highest BCUT2D eigenvalue weighted by Crippen LogP contribution is 2.30. The first kappa shape index (κ1) is 15.9. The summed E-state index contributed by atoms with van der Waals surface area (Å²) in [5, 5.41) is 12.7. The fourth-order valence-electron chi connectivity index (χ4n) is 2.72. The predicted octanol–water partition coefficient (Wildman–Crippen LogP) is 1.77. The number of rotatable bonds is 10. The van der Waals surface area contributed by atoms with E-state index in [9.17, 15) is 5.11 Å². The Hall–Kier alpha value is -0.160. The Morgan fingerprint density at radius 2 is 1.83 bits per heavy atom. The van der Waals surface area contributed by atoms with Crippen LogP contribution in [-0.2, 0) is 9.47 Å². The molecule has 0 aliphatic heterocycles. The van der Waals surface area contributed by atoms with Gasteiger partial charge in [-0.3, -0.25) is 0 Å². The van der Waals surface area contributed by atoms with Crippen LogP contribution in [0.4, 0.5) is 0 Å². The van der Waals surface area contributed by atoms with E-state index in [4.69, 9.17) is 9.47 Å². The average Bonchev–Trinajstić information content (AvgIpc) is 2.82. The summed E-state index contributed by atoms with van der Waals surface area (Å²) in [7, 11) is 0. The molecule has 18 heavy (non-hydrogen) atoms. The molecule has 4 heteroatoms. The van der Waals surface area contributed by atoms with Crippen molar-refractivity contribution in [3.8, 4) is 0 Å². The van der Waals surface area contributed by atoms with E-state index in [1.54, 1.807) is 0 Å². The highest BCUT2D eigenvalue weighted by Gasteiger charge is 2.25. The maximum absolute atomic E-state index is 9.25. The van der Waals surface area contributed by atoms with E-state index in [-0.39, 0.29) is 6.29 Å². The van der Waals surface area contributed by atoms with Gasteiger partial charge in [0, 0.05) is 26.2 Å². The average molecular weight is 259 g/mol. The lowest BCUT2D eigenvalue weighted by atomic mass is 9.97. The standard InChI is InChI=1S/C14H29NO3/c1-3-17-14(18-4-2)8-9-15-10-12-6-5-7-13(12)11-16/h12-16H,3-11H2,1-2H3. The van der Waals surface area contributed by atoms with E-state index in [0.717, 1.165) is 19.5 Å². The highest BCUT2D eigenvalue weighted by molar-refractivity contribution is 4.78. The van der Waals surface area contributed by atoms with E-state index >= 15 is 0 Å². The molecule has 0 aromatic heterocycles. The van der Waals surface area contributed by atoms with E-state index in [1.165, 1.54) is 19.3 Å². The van der Waals surface area contributed by atoms with Gasteiger partial charge in [0.1, 0.15) is 0 Å². The Kier molecular flexibility index (Phi) is 8.59. The zero-order valence-corrected chi connectivity index (χ0v) is 11.9. The molecule has 2 unspecified atom stereocenters. The number of nitrogens with one attached hydrogen (secondary N) is 1. The summed E-state index contributed by atoms with van der Waals surface area (Å²) in [5.41, 5.74) is 0. The molecule has 0 heterocycles. The van der Waals surface area contributed by atoms with Crippen LogP contribution >= 0.6 is 0 Å². The number of ether oxygens (including phenoxy) is 2. The van der Waals surface area contributed by atoms with Gasteiger partial charge in [-0.25, -0.2) is 0 Å². The van der Waals surface area contributed by atoms with Crippen LogP contribution in [-0.4, -0.2) is 44.3 Å². The first-order valence-electron chi connectivity index (χ1n) is 7.36. The second-order valence-electron chi connectivity index (χ2n) is 4.97. The second-order valence-corrected chi connectivity index (χ2v) is 4.97. The third-order valence-electron chi connectivity index (χ3n) is 3.72. The summed E-state index contributed by atoms with van der Waals surface area (Å²) in [4.78, 5) is 0. The molecule has 0 spiro atoms. The van der Waals surface area contributed by atoms with Crippen molar-refractivity contribution >= 4 is 0 Å². The maximum Gasteiger partial charge on any atom is 0.158 e. The molecular formula is C14H29NO3. The van der Waals surface area contributed by atoms with Crippen LogP contribution in [0.25, 0.3) is 0 Å². The predicted molar refractivity (Wildman–Crippen MR) is 72.4 cm³/mol. The van der Waals surface area contributed by atoms with Crippen LogP contribution in [0.5, 0.6) is 0 Å². The lowest BCUT2D eigenvalue weighted by Crippen LogP contribution is -2.30. The fourth-order valence-corrected chi connectivity index (χ4v) is 2.72. The molecule has 0 radical (unpaired) electrons. The molecule has 1 rings (SSSR count). The quantitative estimate of drug-likeness (QED) is 0.464. The molecule has 1 aliphatic carbocycles. The van der Waals surface area contributed by atoms with Gasteiger partial charge in [0.05, 0.1) is 0 Å². The minimum Gasteiger partial charge on any atom is -0.396 e. The Morgan fingerprint density at radius 3 is 2.44 bits per heavy atom. The van der Waals surface area contributed by atoms with Gasteiger partial charge in [0.2, 0.25) is 0 Å². The minimum atomic E-state index is -0.0790. The first-order valence-corrected chi connectivity index (χ1v) is 7.36. The van der Waals surface area contributed by atoms with E-state index in [1.807, 2.05) is 13.8 Å². The largest absolute Gasteiger partial charge is 0.396 e. The number of hydrogen-bond acceptors (Lipinski definition) is 4. The molecule has 1 saturated carbocycles. The van der Waals surface area contributed by atoms with Gasteiger partial charge in [-0.05, 0) is 51.6 Å². The molecule has 4 nitrogen and oxygen atoms in total. The molecule has 2 N–H and O–H groups in total. The van der Waals surface area contributed by atoms with Crippen molar-refractivity contribution in [2.45, 2.75) is 45.8 Å². The Labute approximate surface area is 111 Å². The minimum absolute atomic E-state index is 0.0790. The monoisotopic (exact) mass is 259 g/mol. The summed E-state index contributed by atoms with van der Waals surface area (Å²) < 4.78 is 11.0. The van der Waals surface area contributed by atoms with Crippen LogP contribution < -0.4 is 5.32 Å². The van der Waals surface area contributed by atoms with Gasteiger partial charge in [0.15, 0.2) is 6.29 Å². The smallest absolute Gasteiger partial charge is 0.158 e. The van der Waals surface area contributed by atoms with Crippen molar-refractivity contribution in [3.63, 3.8) is 0 Å². The van der Waals surface area contributed by atoms with Crippen LogP contribution in [0.1, 0.15) is 39.5 Å². The second kappa shape index (κ2) is 9.73. The Morgan fingerprint density at radius 1 is 1.17 bits per heavy atom. The van der Waals surface area contributed by atoms with Crippen molar-refractivity contribution < 1.29 is 14.6 Å². The van der Waals surface area contributed by atoms with Crippen molar-refractivity contribution in [3.05, 3.63) is 0 Å². The topological polar surface area (TPSA) is 50.7 Å². The maximum atomic E-state index is 9.25. The normalized spacial score (nSPS) is 24.0. The van der Waals surface area contributed by atoms with Gasteiger partial charge in [-0.1, -0.05) is 6.42 Å². The van der Waals surface area contributed by atoms with E-state index in [2.05, 4.69) is 5.32 Å². The zero-order chi connectivity index (χ0) is 13.2. The number of aliphatic hydroxyl groups excluding tert-OH is 1.